The van der Waals surface area contributed by atoms with E-state index in [2.05, 4.69) is 69.4 Å². The smallest absolute Gasteiger partial charge is 0.306 e. The Labute approximate surface area is 448 Å². The summed E-state index contributed by atoms with van der Waals surface area (Å²) < 4.78 is 16.9. The van der Waals surface area contributed by atoms with Crippen molar-refractivity contribution in [3.05, 3.63) is 48.6 Å². The Morgan fingerprint density at radius 1 is 0.278 bits per heavy atom. The fraction of sp³-hybridized carbons (Fsp3) is 0.833. The third kappa shape index (κ3) is 58.3. The van der Waals surface area contributed by atoms with Crippen LogP contribution in [0.4, 0.5) is 0 Å². The lowest BCUT2D eigenvalue weighted by Gasteiger charge is -2.18. The first-order valence-corrected chi connectivity index (χ1v) is 31.6. The summed E-state index contributed by atoms with van der Waals surface area (Å²) in [6, 6.07) is 0. The Balaban J connectivity index is 4.24. The van der Waals surface area contributed by atoms with E-state index in [-0.39, 0.29) is 31.1 Å². The number of hydrogen-bond acceptors (Lipinski definition) is 6. The number of esters is 3. The van der Waals surface area contributed by atoms with Crippen molar-refractivity contribution in [2.45, 2.75) is 341 Å². The highest BCUT2D eigenvalue weighted by molar-refractivity contribution is 5.71. The molecule has 0 spiro atoms. The third-order valence-corrected chi connectivity index (χ3v) is 14.1. The molecule has 72 heavy (non-hydrogen) atoms. The molecule has 0 aromatic carbocycles. The number of hydrogen-bond donors (Lipinski definition) is 0. The van der Waals surface area contributed by atoms with Gasteiger partial charge in [0.15, 0.2) is 6.10 Å². The molecular formula is C66H120O6. The molecule has 0 saturated carbocycles. The van der Waals surface area contributed by atoms with Gasteiger partial charge in [0, 0.05) is 19.3 Å². The van der Waals surface area contributed by atoms with Crippen LogP contribution in [0.3, 0.4) is 0 Å². The maximum atomic E-state index is 12.9. The summed E-state index contributed by atoms with van der Waals surface area (Å²) in [6.45, 7) is 6.65. The van der Waals surface area contributed by atoms with E-state index in [1.165, 1.54) is 225 Å². The summed E-state index contributed by atoms with van der Waals surface area (Å²) >= 11 is 0. The second-order valence-corrected chi connectivity index (χ2v) is 21.3. The zero-order valence-corrected chi connectivity index (χ0v) is 48.2. The van der Waals surface area contributed by atoms with Crippen LogP contribution in [0.25, 0.3) is 0 Å². The van der Waals surface area contributed by atoms with Crippen LogP contribution in [-0.2, 0) is 28.6 Å². The van der Waals surface area contributed by atoms with Gasteiger partial charge in [-0.25, -0.2) is 0 Å². The van der Waals surface area contributed by atoms with E-state index in [9.17, 15) is 14.4 Å². The Kier molecular flexibility index (Phi) is 58.7. The largest absolute Gasteiger partial charge is 0.462 e. The van der Waals surface area contributed by atoms with Crippen molar-refractivity contribution >= 4 is 17.9 Å². The zero-order valence-electron chi connectivity index (χ0n) is 48.2. The fourth-order valence-corrected chi connectivity index (χ4v) is 9.27. The molecular weight excluding hydrogens is 889 g/mol. The minimum Gasteiger partial charge on any atom is -0.462 e. The van der Waals surface area contributed by atoms with Crippen LogP contribution in [0, 0.1) is 0 Å². The molecule has 0 aromatic rings. The van der Waals surface area contributed by atoms with Gasteiger partial charge in [0.25, 0.3) is 0 Å². The summed E-state index contributed by atoms with van der Waals surface area (Å²) in [6.07, 6.45) is 75.5. The van der Waals surface area contributed by atoms with E-state index < -0.39 is 6.10 Å². The van der Waals surface area contributed by atoms with Gasteiger partial charge in [-0.1, -0.05) is 281 Å². The zero-order chi connectivity index (χ0) is 52.2. The van der Waals surface area contributed by atoms with Crippen LogP contribution in [0.15, 0.2) is 48.6 Å². The predicted octanol–water partition coefficient (Wildman–Crippen LogP) is 21.4. The summed E-state index contributed by atoms with van der Waals surface area (Å²) in [5.74, 6) is -0.862. The van der Waals surface area contributed by atoms with Gasteiger partial charge in [0.2, 0.25) is 0 Å². The Bertz CT molecular complexity index is 1250. The number of unbranched alkanes of at least 4 members (excludes halogenated alkanes) is 39. The number of carbonyl (C=O) groups excluding carboxylic acids is 3. The van der Waals surface area contributed by atoms with Crippen molar-refractivity contribution in [3.63, 3.8) is 0 Å². The Hall–Kier alpha value is -2.63. The van der Waals surface area contributed by atoms with Crippen molar-refractivity contribution < 1.29 is 28.6 Å². The van der Waals surface area contributed by atoms with Crippen molar-refractivity contribution in [2.75, 3.05) is 13.2 Å². The Morgan fingerprint density at radius 3 is 0.764 bits per heavy atom. The third-order valence-electron chi connectivity index (χ3n) is 14.1. The van der Waals surface area contributed by atoms with E-state index in [1.54, 1.807) is 0 Å². The maximum absolute atomic E-state index is 12.9. The summed E-state index contributed by atoms with van der Waals surface area (Å²) in [5, 5.41) is 0. The molecule has 1 unspecified atom stereocenters. The quantitative estimate of drug-likeness (QED) is 0.0261. The molecule has 420 valence electrons. The summed E-state index contributed by atoms with van der Waals surface area (Å²) in [7, 11) is 0. The molecule has 0 aliphatic heterocycles. The average molecular weight is 1010 g/mol. The molecule has 1 atom stereocenters. The molecule has 0 aromatic heterocycles. The highest BCUT2D eigenvalue weighted by Gasteiger charge is 2.19. The van der Waals surface area contributed by atoms with Gasteiger partial charge in [-0.15, -0.1) is 0 Å². The molecule has 0 amide bonds. The van der Waals surface area contributed by atoms with Crippen LogP contribution in [0.2, 0.25) is 0 Å². The topological polar surface area (TPSA) is 78.9 Å². The summed E-state index contributed by atoms with van der Waals surface area (Å²) in [5.41, 5.74) is 0. The van der Waals surface area contributed by atoms with Gasteiger partial charge in [-0.2, -0.15) is 0 Å². The molecule has 6 heteroatoms. The SMILES string of the molecule is CCCCCCC/C=C\C/C=C\CCCCCCCCCCCCCC(=O)OCC(COC(=O)CCCCCCCCCCCC)OC(=O)CCCCCCCCCCC/C=C\C/C=C\CCCCCCC. The lowest BCUT2D eigenvalue weighted by molar-refractivity contribution is -0.167. The van der Waals surface area contributed by atoms with E-state index in [0.29, 0.717) is 19.3 Å². The van der Waals surface area contributed by atoms with Gasteiger partial charge in [0.1, 0.15) is 13.2 Å². The van der Waals surface area contributed by atoms with Crippen molar-refractivity contribution in [3.8, 4) is 0 Å². The monoisotopic (exact) mass is 1010 g/mol. The van der Waals surface area contributed by atoms with E-state index in [1.807, 2.05) is 0 Å². The molecule has 0 bridgehead atoms. The van der Waals surface area contributed by atoms with E-state index in [4.69, 9.17) is 14.2 Å². The van der Waals surface area contributed by atoms with Crippen molar-refractivity contribution in [1.82, 2.24) is 0 Å². The van der Waals surface area contributed by atoms with Crippen LogP contribution >= 0.6 is 0 Å². The molecule has 0 rings (SSSR count). The number of rotatable bonds is 58. The first-order valence-electron chi connectivity index (χ1n) is 31.6. The molecule has 0 radical (unpaired) electrons. The van der Waals surface area contributed by atoms with Crippen LogP contribution in [0.1, 0.15) is 335 Å². The standard InChI is InChI=1S/C66H120O6/c1-4-7-10-13-16-19-22-24-26-28-30-32-33-35-36-38-40-42-44-47-50-53-56-59-65(68)71-62-63(61-70-64(67)58-55-52-49-46-21-18-15-12-9-6-3)72-66(69)60-57-54-51-48-45-43-41-39-37-34-31-29-27-25-23-20-17-14-11-8-5-2/h22-25,28-31,63H,4-21,26-27,32-62H2,1-3H3/b24-22-,25-23-,30-28-,31-29-. The van der Waals surface area contributed by atoms with Gasteiger partial charge >= 0.3 is 17.9 Å². The van der Waals surface area contributed by atoms with Crippen LogP contribution < -0.4 is 0 Å². The normalized spacial score (nSPS) is 12.3. The lowest BCUT2D eigenvalue weighted by Crippen LogP contribution is -2.30. The van der Waals surface area contributed by atoms with Gasteiger partial charge in [0.05, 0.1) is 0 Å². The van der Waals surface area contributed by atoms with Gasteiger partial charge in [-0.3, -0.25) is 14.4 Å². The lowest BCUT2D eigenvalue weighted by atomic mass is 10.0. The molecule has 0 heterocycles. The molecule has 0 N–H and O–H groups in total. The Morgan fingerprint density at radius 2 is 0.500 bits per heavy atom. The molecule has 0 fully saturated rings. The highest BCUT2D eigenvalue weighted by atomic mass is 16.6. The average Bonchev–Trinajstić information content (AvgIpc) is 3.38. The summed E-state index contributed by atoms with van der Waals surface area (Å²) in [4.78, 5) is 38.2. The maximum Gasteiger partial charge on any atom is 0.306 e. The predicted molar refractivity (Wildman–Crippen MR) is 312 cm³/mol. The fourth-order valence-electron chi connectivity index (χ4n) is 9.27. The van der Waals surface area contributed by atoms with E-state index in [0.717, 1.165) is 70.6 Å². The second kappa shape index (κ2) is 60.9. The van der Waals surface area contributed by atoms with Crippen molar-refractivity contribution in [2.24, 2.45) is 0 Å². The van der Waals surface area contributed by atoms with Crippen molar-refractivity contribution in [1.29, 1.82) is 0 Å². The molecule has 6 nitrogen and oxygen atoms in total. The first kappa shape index (κ1) is 69.4. The highest BCUT2D eigenvalue weighted by Crippen LogP contribution is 2.17. The minimum atomic E-state index is -0.774. The van der Waals surface area contributed by atoms with E-state index >= 15 is 0 Å². The number of allylic oxidation sites excluding steroid dienone is 8. The first-order chi connectivity index (χ1) is 35.5. The second-order valence-electron chi connectivity index (χ2n) is 21.3. The van der Waals surface area contributed by atoms with Gasteiger partial charge < -0.3 is 14.2 Å². The minimum absolute atomic E-state index is 0.0721. The number of carbonyl (C=O) groups is 3. The van der Waals surface area contributed by atoms with Crippen LogP contribution in [-0.4, -0.2) is 37.2 Å². The van der Waals surface area contributed by atoms with Crippen LogP contribution in [0.5, 0.6) is 0 Å². The molecule has 0 aliphatic rings. The molecule has 0 saturated heterocycles. The molecule has 0 aliphatic carbocycles. The van der Waals surface area contributed by atoms with Gasteiger partial charge in [-0.05, 0) is 83.5 Å². The number of ether oxygens (including phenoxy) is 3.